The lowest BCUT2D eigenvalue weighted by Crippen LogP contribution is -2.44. The van der Waals surface area contributed by atoms with E-state index >= 15 is 0 Å². The number of likely N-dealkylation sites (tertiary alicyclic amines) is 1. The van der Waals surface area contributed by atoms with Crippen LogP contribution in [0.4, 0.5) is 9.93 Å². The lowest BCUT2D eigenvalue weighted by atomic mass is 10.1. The zero-order valence-corrected chi connectivity index (χ0v) is 16.3. The fraction of sp³-hybridized carbons (Fsp3) is 0.643. The van der Waals surface area contributed by atoms with Gasteiger partial charge in [0.25, 0.3) is 0 Å². The zero-order valence-electron chi connectivity index (χ0n) is 13.4. The van der Waals surface area contributed by atoms with E-state index < -0.39 is 5.60 Å². The maximum Gasteiger partial charge on any atom is 0.410 e. The number of halogens is 1. The second kappa shape index (κ2) is 6.42. The molecule has 1 saturated heterocycles. The van der Waals surface area contributed by atoms with Crippen molar-refractivity contribution >= 4 is 50.1 Å². The first-order valence-corrected chi connectivity index (χ1v) is 9.46. The average molecular weight is 449 g/mol. The van der Waals surface area contributed by atoms with Crippen molar-refractivity contribution < 1.29 is 9.53 Å². The lowest BCUT2D eigenvalue weighted by Gasteiger charge is -2.33. The quantitative estimate of drug-likeness (QED) is 0.714. The van der Waals surface area contributed by atoms with E-state index in [1.54, 1.807) is 16.2 Å². The fourth-order valence-electron chi connectivity index (χ4n) is 2.43. The van der Waals surface area contributed by atoms with Crippen molar-refractivity contribution in [2.24, 2.45) is 0 Å². The van der Waals surface area contributed by atoms with Gasteiger partial charge in [-0.1, -0.05) is 11.3 Å². The minimum absolute atomic E-state index is 0.224. The highest BCUT2D eigenvalue weighted by Gasteiger charge is 2.27. The molecule has 0 aromatic carbocycles. The summed E-state index contributed by atoms with van der Waals surface area (Å²) in [6.07, 6.45) is 3.36. The molecule has 2 aromatic heterocycles. The number of amides is 1. The smallest absolute Gasteiger partial charge is 0.410 e. The summed E-state index contributed by atoms with van der Waals surface area (Å²) >= 11 is 3.76. The molecule has 3 heterocycles. The number of hydrogen-bond donors (Lipinski definition) is 1. The number of carbonyl (C=O) groups is 1. The molecule has 0 unspecified atom stereocenters. The fourth-order valence-corrected chi connectivity index (χ4v) is 3.92. The molecule has 0 spiro atoms. The summed E-state index contributed by atoms with van der Waals surface area (Å²) < 4.78 is 8.26. The van der Waals surface area contributed by atoms with Gasteiger partial charge >= 0.3 is 6.09 Å². The SMILES string of the molecule is CC(C)(C)OC(=O)N1CCC(Nc2nn3c(I)cnc3s2)CC1. The van der Waals surface area contributed by atoms with E-state index in [1.807, 2.05) is 31.5 Å². The Morgan fingerprint density at radius 1 is 1.43 bits per heavy atom. The summed E-state index contributed by atoms with van der Waals surface area (Å²) in [4.78, 5) is 19.0. The number of fused-ring (bicyclic) bond motifs is 1. The molecule has 23 heavy (non-hydrogen) atoms. The molecule has 7 nitrogen and oxygen atoms in total. The van der Waals surface area contributed by atoms with Gasteiger partial charge in [0.05, 0.1) is 6.20 Å². The van der Waals surface area contributed by atoms with Crippen molar-refractivity contribution in [2.75, 3.05) is 18.4 Å². The monoisotopic (exact) mass is 449 g/mol. The summed E-state index contributed by atoms with van der Waals surface area (Å²) in [6, 6.07) is 0.321. The van der Waals surface area contributed by atoms with E-state index in [1.165, 1.54) is 0 Å². The molecule has 9 heteroatoms. The van der Waals surface area contributed by atoms with Crippen LogP contribution in [-0.4, -0.2) is 50.3 Å². The van der Waals surface area contributed by atoms with E-state index in [2.05, 4.69) is 38.0 Å². The van der Waals surface area contributed by atoms with Gasteiger partial charge in [0.15, 0.2) is 0 Å². The Balaban J connectivity index is 1.53. The van der Waals surface area contributed by atoms with Crippen LogP contribution < -0.4 is 5.32 Å². The molecule has 0 atom stereocenters. The number of nitrogens with zero attached hydrogens (tertiary/aromatic N) is 4. The van der Waals surface area contributed by atoms with E-state index in [-0.39, 0.29) is 6.09 Å². The third-order valence-electron chi connectivity index (χ3n) is 3.52. The van der Waals surface area contributed by atoms with Crippen molar-refractivity contribution in [3.63, 3.8) is 0 Å². The summed E-state index contributed by atoms with van der Waals surface area (Å²) in [7, 11) is 0. The molecule has 0 radical (unpaired) electrons. The summed E-state index contributed by atoms with van der Waals surface area (Å²) in [5.74, 6) is 0. The summed E-state index contributed by atoms with van der Waals surface area (Å²) in [5.41, 5.74) is -0.445. The number of piperidine rings is 1. The molecular formula is C14H20IN5O2S. The van der Waals surface area contributed by atoms with Crippen LogP contribution in [0, 0.1) is 3.70 Å². The van der Waals surface area contributed by atoms with Gasteiger partial charge in [0.1, 0.15) is 9.30 Å². The van der Waals surface area contributed by atoms with Crippen LogP contribution in [0.25, 0.3) is 4.96 Å². The van der Waals surface area contributed by atoms with Crippen LogP contribution in [0.1, 0.15) is 33.6 Å². The molecular weight excluding hydrogens is 429 g/mol. The van der Waals surface area contributed by atoms with Gasteiger partial charge < -0.3 is 15.0 Å². The van der Waals surface area contributed by atoms with Crippen molar-refractivity contribution in [2.45, 2.75) is 45.3 Å². The first-order chi connectivity index (χ1) is 10.8. The molecule has 1 aliphatic rings. The molecule has 1 N–H and O–H groups in total. The van der Waals surface area contributed by atoms with Crippen molar-refractivity contribution in [3.05, 3.63) is 9.90 Å². The van der Waals surface area contributed by atoms with Gasteiger partial charge in [-0.2, -0.15) is 4.52 Å². The topological polar surface area (TPSA) is 71.8 Å². The first kappa shape index (κ1) is 16.7. The van der Waals surface area contributed by atoms with Crippen LogP contribution in [0.15, 0.2) is 6.20 Å². The number of ether oxygens (including phenoxy) is 1. The van der Waals surface area contributed by atoms with Gasteiger partial charge in [-0.15, -0.1) is 5.10 Å². The van der Waals surface area contributed by atoms with Gasteiger partial charge in [-0.3, -0.25) is 0 Å². The maximum atomic E-state index is 12.1. The van der Waals surface area contributed by atoms with E-state index in [0.717, 1.165) is 26.6 Å². The maximum absolute atomic E-state index is 12.1. The number of rotatable bonds is 2. The van der Waals surface area contributed by atoms with E-state index in [0.29, 0.717) is 19.1 Å². The molecule has 126 valence electrons. The third-order valence-corrected chi connectivity index (χ3v) is 5.11. The Morgan fingerprint density at radius 3 is 2.74 bits per heavy atom. The van der Waals surface area contributed by atoms with Gasteiger partial charge in [0.2, 0.25) is 10.1 Å². The Labute approximate surface area is 152 Å². The highest BCUT2D eigenvalue weighted by atomic mass is 127. The normalized spacial score (nSPS) is 16.8. The van der Waals surface area contributed by atoms with Gasteiger partial charge in [-0.25, -0.2) is 9.78 Å². The van der Waals surface area contributed by atoms with Crippen LogP contribution >= 0.6 is 33.9 Å². The van der Waals surface area contributed by atoms with Crippen molar-refractivity contribution in [1.29, 1.82) is 0 Å². The van der Waals surface area contributed by atoms with Crippen molar-refractivity contribution in [3.8, 4) is 0 Å². The molecule has 1 fully saturated rings. The van der Waals surface area contributed by atoms with Crippen LogP contribution in [0.3, 0.4) is 0 Å². The van der Waals surface area contributed by atoms with Crippen LogP contribution in [-0.2, 0) is 4.74 Å². The molecule has 3 rings (SSSR count). The highest BCUT2D eigenvalue weighted by molar-refractivity contribution is 14.1. The average Bonchev–Trinajstić information content (AvgIpc) is 3.00. The van der Waals surface area contributed by atoms with Gasteiger partial charge in [-0.05, 0) is 56.2 Å². The molecule has 0 saturated carbocycles. The third kappa shape index (κ3) is 4.06. The standard InChI is InChI=1S/C14H20IN5O2S/c1-14(2,3)22-13(21)19-6-4-9(5-7-19)17-11-18-20-10(15)8-16-12(20)23-11/h8-9H,4-7H2,1-3H3,(H,17,18). The number of anilines is 1. The number of carbonyl (C=O) groups excluding carboxylic acids is 1. The van der Waals surface area contributed by atoms with Crippen LogP contribution in [0.5, 0.6) is 0 Å². The predicted molar refractivity (Wildman–Crippen MR) is 98.0 cm³/mol. The minimum Gasteiger partial charge on any atom is -0.444 e. The molecule has 0 bridgehead atoms. The molecule has 1 amide bonds. The zero-order chi connectivity index (χ0) is 16.6. The number of hydrogen-bond acceptors (Lipinski definition) is 6. The largest absolute Gasteiger partial charge is 0.444 e. The number of nitrogens with one attached hydrogen (secondary N) is 1. The molecule has 2 aromatic rings. The molecule has 0 aliphatic carbocycles. The molecule has 1 aliphatic heterocycles. The Morgan fingerprint density at radius 2 is 2.13 bits per heavy atom. The lowest BCUT2D eigenvalue weighted by molar-refractivity contribution is 0.0210. The minimum atomic E-state index is -0.445. The second-order valence-electron chi connectivity index (χ2n) is 6.57. The number of imidazole rings is 1. The van der Waals surface area contributed by atoms with E-state index in [9.17, 15) is 4.79 Å². The second-order valence-corrected chi connectivity index (χ2v) is 8.63. The van der Waals surface area contributed by atoms with Crippen molar-refractivity contribution in [1.82, 2.24) is 19.5 Å². The Hall–Kier alpha value is -1.10. The van der Waals surface area contributed by atoms with E-state index in [4.69, 9.17) is 4.74 Å². The number of aromatic nitrogens is 3. The Kier molecular flexibility index (Phi) is 4.68. The predicted octanol–water partition coefficient (Wildman–Crippen LogP) is 3.21. The van der Waals surface area contributed by atoms with Gasteiger partial charge in [0, 0.05) is 19.1 Å². The summed E-state index contributed by atoms with van der Waals surface area (Å²) in [6.45, 7) is 7.07. The first-order valence-electron chi connectivity index (χ1n) is 7.56. The highest BCUT2D eigenvalue weighted by Crippen LogP contribution is 2.24. The summed E-state index contributed by atoms with van der Waals surface area (Å²) in [5, 5.41) is 8.85. The van der Waals surface area contributed by atoms with Crippen LogP contribution in [0.2, 0.25) is 0 Å². The Bertz CT molecular complexity index is 700.